The number of benzene rings is 2. The van der Waals surface area contributed by atoms with Crippen LogP contribution in [0.5, 0.6) is 11.5 Å². The summed E-state index contributed by atoms with van der Waals surface area (Å²) in [4.78, 5) is 38.5. The molecule has 1 fully saturated rings. The predicted octanol–water partition coefficient (Wildman–Crippen LogP) is 5.54. The van der Waals surface area contributed by atoms with Crippen LogP contribution in [0.3, 0.4) is 0 Å². The number of rotatable bonds is 8. The van der Waals surface area contributed by atoms with E-state index in [1.54, 1.807) is 24.3 Å². The summed E-state index contributed by atoms with van der Waals surface area (Å²) < 4.78 is 12.0. The molecule has 3 amide bonds. The maximum Gasteiger partial charge on any atom is 0.293 e. The highest BCUT2D eigenvalue weighted by Crippen LogP contribution is 2.34. The summed E-state index contributed by atoms with van der Waals surface area (Å²) in [7, 11) is 1.50. The normalized spacial score (nSPS) is 14.7. The van der Waals surface area contributed by atoms with Crippen molar-refractivity contribution in [3.63, 3.8) is 0 Å². The molecule has 3 rings (SSSR count). The lowest BCUT2D eigenvalue weighted by molar-refractivity contribution is -0.122. The number of ether oxygens (including phenoxy) is 2. The van der Waals surface area contributed by atoms with Crippen molar-refractivity contribution in [3.8, 4) is 11.5 Å². The van der Waals surface area contributed by atoms with Crippen LogP contribution in [0.25, 0.3) is 6.08 Å². The van der Waals surface area contributed by atoms with Gasteiger partial charge < -0.3 is 14.8 Å². The topological polar surface area (TPSA) is 84.9 Å². The molecule has 0 unspecified atom stereocenters. The second-order valence-electron chi connectivity index (χ2n) is 7.43. The summed E-state index contributed by atoms with van der Waals surface area (Å²) >= 11 is 4.40. The lowest BCUT2D eigenvalue weighted by Crippen LogP contribution is -2.28. The zero-order chi connectivity index (χ0) is 24.1. The number of nitrogens with one attached hydrogen (secondary N) is 1. The van der Waals surface area contributed by atoms with Crippen LogP contribution in [0.4, 0.5) is 10.5 Å². The lowest BCUT2D eigenvalue weighted by atomic mass is 10.1. The number of hydrogen-bond acceptors (Lipinski definition) is 6. The second-order valence-corrected chi connectivity index (χ2v) is 9.27. The average molecular weight is 533 g/mol. The Hall–Kier alpha value is -2.78. The summed E-state index contributed by atoms with van der Waals surface area (Å²) in [6.45, 7) is 6.04. The minimum atomic E-state index is -0.296. The number of carbonyl (C=O) groups excluding carboxylic acids is 3. The molecule has 33 heavy (non-hydrogen) atoms. The molecule has 0 atom stereocenters. The van der Waals surface area contributed by atoms with Crippen molar-refractivity contribution >= 4 is 56.5 Å². The van der Waals surface area contributed by atoms with Crippen LogP contribution in [-0.2, 0) is 9.59 Å². The van der Waals surface area contributed by atoms with Crippen LogP contribution in [0.1, 0.15) is 30.0 Å². The molecule has 7 nitrogen and oxygen atoms in total. The van der Waals surface area contributed by atoms with Crippen molar-refractivity contribution in [2.24, 2.45) is 0 Å². The van der Waals surface area contributed by atoms with Gasteiger partial charge in [0.25, 0.3) is 17.1 Å². The molecule has 2 aromatic carbocycles. The number of hydrogen-bond donors (Lipinski definition) is 1. The van der Waals surface area contributed by atoms with Gasteiger partial charge in [-0.1, -0.05) is 28.9 Å². The SMILES string of the molecule is CCCN1C(=O)S/C(=C/c2ccc(OCC(=O)Nc3ccc(Br)c(C)c3C)c(OC)c2)C1=O. The second kappa shape index (κ2) is 10.9. The molecule has 1 saturated heterocycles. The standard InChI is InChI=1S/C24H25BrN2O5S/c1-5-10-27-23(29)21(33-24(27)30)12-16-6-9-19(20(11-16)31-4)32-13-22(28)26-18-8-7-17(25)14(2)15(18)3/h6-9,11-12H,5,10,13H2,1-4H3,(H,26,28)/b21-12+. The van der Waals surface area contributed by atoms with Gasteiger partial charge in [-0.05, 0) is 79.1 Å². The van der Waals surface area contributed by atoms with E-state index in [0.29, 0.717) is 34.9 Å². The van der Waals surface area contributed by atoms with E-state index < -0.39 is 0 Å². The number of nitrogens with zero attached hydrogens (tertiary/aromatic N) is 1. The highest BCUT2D eigenvalue weighted by molar-refractivity contribution is 9.10. The quantitative estimate of drug-likeness (QED) is 0.449. The fourth-order valence-electron chi connectivity index (χ4n) is 3.21. The minimum Gasteiger partial charge on any atom is -0.493 e. The van der Waals surface area contributed by atoms with Gasteiger partial charge in [-0.2, -0.15) is 0 Å². The molecule has 174 valence electrons. The number of imide groups is 1. The number of carbonyl (C=O) groups is 3. The maximum absolute atomic E-state index is 12.4. The van der Waals surface area contributed by atoms with Crippen LogP contribution in [-0.4, -0.2) is 42.2 Å². The van der Waals surface area contributed by atoms with E-state index in [-0.39, 0.29) is 23.7 Å². The fourth-order valence-corrected chi connectivity index (χ4v) is 4.51. The molecule has 2 aromatic rings. The van der Waals surface area contributed by atoms with E-state index in [4.69, 9.17) is 9.47 Å². The van der Waals surface area contributed by atoms with E-state index in [1.807, 2.05) is 32.9 Å². The highest BCUT2D eigenvalue weighted by Gasteiger charge is 2.34. The van der Waals surface area contributed by atoms with E-state index in [1.165, 1.54) is 12.0 Å². The van der Waals surface area contributed by atoms with E-state index in [2.05, 4.69) is 21.2 Å². The molecule has 0 radical (unpaired) electrons. The van der Waals surface area contributed by atoms with Crippen molar-refractivity contribution in [2.75, 3.05) is 25.6 Å². The molecule has 1 aliphatic heterocycles. The highest BCUT2D eigenvalue weighted by atomic mass is 79.9. The Bertz CT molecular complexity index is 1130. The van der Waals surface area contributed by atoms with Crippen molar-refractivity contribution in [2.45, 2.75) is 27.2 Å². The van der Waals surface area contributed by atoms with Gasteiger partial charge in [0.2, 0.25) is 0 Å². The monoisotopic (exact) mass is 532 g/mol. The molecule has 0 aliphatic carbocycles. The van der Waals surface area contributed by atoms with E-state index >= 15 is 0 Å². The first-order valence-electron chi connectivity index (χ1n) is 10.4. The summed E-state index contributed by atoms with van der Waals surface area (Å²) in [5.41, 5.74) is 3.44. The number of halogens is 1. The average Bonchev–Trinajstić information content (AvgIpc) is 3.06. The summed E-state index contributed by atoms with van der Waals surface area (Å²) in [6, 6.07) is 8.83. The van der Waals surface area contributed by atoms with Gasteiger partial charge in [0.1, 0.15) is 0 Å². The van der Waals surface area contributed by atoms with Crippen LogP contribution in [0, 0.1) is 13.8 Å². The first-order valence-corrected chi connectivity index (χ1v) is 12.0. The predicted molar refractivity (Wildman–Crippen MR) is 134 cm³/mol. The van der Waals surface area contributed by atoms with E-state index in [9.17, 15) is 14.4 Å². The Morgan fingerprint density at radius 2 is 1.91 bits per heavy atom. The number of amides is 3. The van der Waals surface area contributed by atoms with Crippen molar-refractivity contribution in [1.82, 2.24) is 4.90 Å². The lowest BCUT2D eigenvalue weighted by Gasteiger charge is -2.14. The first-order chi connectivity index (χ1) is 15.7. The Morgan fingerprint density at radius 1 is 1.15 bits per heavy atom. The zero-order valence-corrected chi connectivity index (χ0v) is 21.3. The first kappa shape index (κ1) is 24.9. The summed E-state index contributed by atoms with van der Waals surface area (Å²) in [6.07, 6.45) is 2.36. The molecule has 0 spiro atoms. The number of thioether (sulfide) groups is 1. The van der Waals surface area contributed by atoms with Crippen molar-refractivity contribution < 1.29 is 23.9 Å². The minimum absolute atomic E-state index is 0.194. The van der Waals surface area contributed by atoms with Gasteiger partial charge >= 0.3 is 0 Å². The van der Waals surface area contributed by atoms with Crippen LogP contribution in [0.2, 0.25) is 0 Å². The maximum atomic E-state index is 12.4. The molecular formula is C24H25BrN2O5S. The largest absolute Gasteiger partial charge is 0.493 e. The van der Waals surface area contributed by atoms with Gasteiger partial charge in [0.15, 0.2) is 18.1 Å². The number of anilines is 1. The van der Waals surface area contributed by atoms with Gasteiger partial charge in [-0.25, -0.2) is 0 Å². The van der Waals surface area contributed by atoms with Gasteiger partial charge in [-0.15, -0.1) is 0 Å². The Kier molecular flexibility index (Phi) is 8.20. The smallest absolute Gasteiger partial charge is 0.293 e. The van der Waals surface area contributed by atoms with Crippen molar-refractivity contribution in [1.29, 1.82) is 0 Å². The van der Waals surface area contributed by atoms with Crippen molar-refractivity contribution in [3.05, 3.63) is 56.4 Å². The number of methoxy groups -OCH3 is 1. The molecule has 1 aliphatic rings. The molecule has 0 saturated carbocycles. The van der Waals surface area contributed by atoms with Gasteiger partial charge in [0.05, 0.1) is 12.0 Å². The molecule has 9 heteroatoms. The Morgan fingerprint density at radius 3 is 2.61 bits per heavy atom. The zero-order valence-electron chi connectivity index (χ0n) is 18.9. The summed E-state index contributed by atoms with van der Waals surface area (Å²) in [5, 5.41) is 2.60. The van der Waals surface area contributed by atoms with E-state index in [0.717, 1.165) is 33.0 Å². The van der Waals surface area contributed by atoms with Crippen LogP contribution >= 0.6 is 27.7 Å². The van der Waals surface area contributed by atoms with Gasteiger partial charge in [0, 0.05) is 16.7 Å². The molecule has 1 heterocycles. The molecule has 0 aromatic heterocycles. The van der Waals surface area contributed by atoms with Gasteiger partial charge in [-0.3, -0.25) is 19.3 Å². The molecule has 0 bridgehead atoms. The third-order valence-corrected chi connectivity index (χ3v) is 6.93. The molecular weight excluding hydrogens is 508 g/mol. The molecule has 1 N–H and O–H groups in total. The fraction of sp³-hybridized carbons (Fsp3) is 0.292. The third kappa shape index (κ3) is 5.78. The van der Waals surface area contributed by atoms with Crippen LogP contribution in [0.15, 0.2) is 39.7 Å². The Balaban J connectivity index is 1.68. The van der Waals surface area contributed by atoms with Crippen LogP contribution < -0.4 is 14.8 Å². The summed E-state index contributed by atoms with van der Waals surface area (Å²) in [5.74, 6) is 0.226. The third-order valence-electron chi connectivity index (χ3n) is 5.16. The Labute approximate surface area is 205 Å².